The molecule has 1 aromatic heterocycles. The zero-order chi connectivity index (χ0) is 22.9. The molecule has 0 spiro atoms. The molecule has 1 saturated heterocycles. The van der Waals surface area contributed by atoms with Crippen LogP contribution in [0, 0.1) is 0 Å². The van der Waals surface area contributed by atoms with Crippen molar-refractivity contribution in [3.63, 3.8) is 0 Å². The third kappa shape index (κ3) is 7.03. The summed E-state index contributed by atoms with van der Waals surface area (Å²) in [6, 6.07) is 21.5. The van der Waals surface area contributed by atoms with E-state index in [9.17, 15) is 9.59 Å². The predicted octanol–water partition coefficient (Wildman–Crippen LogP) is 2.65. The molecule has 1 aliphatic heterocycles. The monoisotopic (exact) mass is 447 g/mol. The first-order chi connectivity index (χ1) is 16.2. The Morgan fingerprint density at radius 2 is 1.48 bits per heavy atom. The van der Waals surface area contributed by atoms with E-state index >= 15 is 0 Å². The maximum absolute atomic E-state index is 12.4. The number of hydrogen-bond acceptors (Lipinski definition) is 6. The molecule has 0 aliphatic carbocycles. The van der Waals surface area contributed by atoms with Gasteiger partial charge >= 0.3 is 0 Å². The molecule has 0 atom stereocenters. The van der Waals surface area contributed by atoms with Gasteiger partial charge in [0.1, 0.15) is 12.0 Å². The number of carbonyl (C=O) groups is 1. The molecule has 0 unspecified atom stereocenters. The van der Waals surface area contributed by atoms with Crippen LogP contribution in [0.25, 0.3) is 0 Å². The molecule has 7 heteroatoms. The summed E-state index contributed by atoms with van der Waals surface area (Å²) in [6.07, 6.45) is 1.30. The van der Waals surface area contributed by atoms with E-state index in [0.717, 1.165) is 38.3 Å². The number of piperazine rings is 1. The molecule has 0 saturated carbocycles. The Morgan fingerprint density at radius 1 is 0.879 bits per heavy atom. The molecule has 172 valence electrons. The smallest absolute Gasteiger partial charge is 0.258 e. The minimum absolute atomic E-state index is 0.0429. The van der Waals surface area contributed by atoms with Crippen LogP contribution in [0.1, 0.15) is 16.9 Å². The second-order valence-electron chi connectivity index (χ2n) is 8.16. The Labute approximate surface area is 193 Å². The highest BCUT2D eigenvalue weighted by atomic mass is 16.5. The van der Waals surface area contributed by atoms with Gasteiger partial charge in [0, 0.05) is 45.3 Å². The van der Waals surface area contributed by atoms with Gasteiger partial charge in [-0.25, -0.2) is 0 Å². The molecule has 0 radical (unpaired) electrons. The summed E-state index contributed by atoms with van der Waals surface area (Å²) in [6.45, 7) is 5.47. The number of amides is 1. The topological polar surface area (TPSA) is 75.0 Å². The predicted molar refractivity (Wildman–Crippen MR) is 126 cm³/mol. The van der Waals surface area contributed by atoms with Gasteiger partial charge in [-0.2, -0.15) is 0 Å². The van der Waals surface area contributed by atoms with Crippen molar-refractivity contribution in [2.24, 2.45) is 0 Å². The number of nitrogens with one attached hydrogen (secondary N) is 1. The lowest BCUT2D eigenvalue weighted by Crippen LogP contribution is -2.45. The highest BCUT2D eigenvalue weighted by Gasteiger charge is 2.18. The van der Waals surface area contributed by atoms with Crippen LogP contribution in [-0.2, 0) is 24.4 Å². The average Bonchev–Trinajstić information content (AvgIpc) is 2.85. The number of carbonyl (C=O) groups excluding carboxylic acids is 1. The third-order valence-corrected chi connectivity index (χ3v) is 5.64. The van der Waals surface area contributed by atoms with Gasteiger partial charge < -0.3 is 14.5 Å². The van der Waals surface area contributed by atoms with Crippen LogP contribution in [0.15, 0.2) is 82.2 Å². The largest absolute Gasteiger partial charge is 0.477 e. The van der Waals surface area contributed by atoms with Crippen LogP contribution >= 0.6 is 0 Å². The highest BCUT2D eigenvalue weighted by Crippen LogP contribution is 2.12. The molecule has 33 heavy (non-hydrogen) atoms. The van der Waals surface area contributed by atoms with Gasteiger partial charge in [0.05, 0.1) is 6.54 Å². The minimum atomic E-state index is -0.296. The Kier molecular flexibility index (Phi) is 7.90. The van der Waals surface area contributed by atoms with E-state index in [0.29, 0.717) is 18.8 Å². The molecular weight excluding hydrogens is 418 g/mol. The number of ether oxygens (including phenoxy) is 1. The number of rotatable bonds is 9. The highest BCUT2D eigenvalue weighted by molar-refractivity contribution is 5.77. The second kappa shape index (κ2) is 11.4. The van der Waals surface area contributed by atoms with Gasteiger partial charge in [0.2, 0.25) is 11.2 Å². The number of benzene rings is 2. The van der Waals surface area contributed by atoms with Crippen LogP contribution in [0.4, 0.5) is 0 Å². The molecule has 1 N–H and O–H groups in total. The van der Waals surface area contributed by atoms with Crippen molar-refractivity contribution in [3.05, 3.63) is 100 Å². The third-order valence-electron chi connectivity index (χ3n) is 5.64. The van der Waals surface area contributed by atoms with Gasteiger partial charge in [-0.05, 0) is 11.1 Å². The van der Waals surface area contributed by atoms with E-state index in [-0.39, 0.29) is 23.7 Å². The lowest BCUT2D eigenvalue weighted by atomic mass is 10.2. The second-order valence-corrected chi connectivity index (χ2v) is 8.16. The first-order valence-electron chi connectivity index (χ1n) is 11.2. The first-order valence-corrected chi connectivity index (χ1v) is 11.2. The standard InChI is InChI=1S/C26H29N3O4/c30-24-15-23(18-29-13-11-28(12-14-29)17-22-9-5-2-6-10-22)32-19-25(24)33-20-26(31)27-16-21-7-3-1-4-8-21/h1-10,15,19H,11-14,16-18,20H2,(H,27,31). The minimum Gasteiger partial charge on any atom is -0.477 e. The summed E-state index contributed by atoms with van der Waals surface area (Å²) in [4.78, 5) is 29.1. The van der Waals surface area contributed by atoms with E-state index in [4.69, 9.17) is 9.15 Å². The average molecular weight is 448 g/mol. The van der Waals surface area contributed by atoms with Crippen molar-refractivity contribution in [3.8, 4) is 5.75 Å². The first kappa shape index (κ1) is 22.8. The van der Waals surface area contributed by atoms with Crippen molar-refractivity contribution in [1.82, 2.24) is 15.1 Å². The van der Waals surface area contributed by atoms with E-state index in [2.05, 4.69) is 39.4 Å². The summed E-state index contributed by atoms with van der Waals surface area (Å²) >= 11 is 0. The summed E-state index contributed by atoms with van der Waals surface area (Å²) in [5, 5.41) is 2.77. The molecular formula is C26H29N3O4. The summed E-state index contributed by atoms with van der Waals surface area (Å²) in [5.74, 6) is 0.342. The number of nitrogens with zero attached hydrogens (tertiary/aromatic N) is 2. The fourth-order valence-electron chi connectivity index (χ4n) is 3.79. The molecule has 1 fully saturated rings. The molecule has 1 amide bonds. The molecule has 2 heterocycles. The van der Waals surface area contributed by atoms with Gasteiger partial charge in [-0.15, -0.1) is 0 Å². The van der Waals surface area contributed by atoms with E-state index in [1.54, 1.807) is 0 Å². The van der Waals surface area contributed by atoms with Gasteiger partial charge in [-0.1, -0.05) is 60.7 Å². The van der Waals surface area contributed by atoms with Crippen LogP contribution in [0.3, 0.4) is 0 Å². The van der Waals surface area contributed by atoms with E-state index < -0.39 is 0 Å². The maximum Gasteiger partial charge on any atom is 0.258 e. The number of hydrogen-bond donors (Lipinski definition) is 1. The van der Waals surface area contributed by atoms with Crippen LogP contribution < -0.4 is 15.5 Å². The quantitative estimate of drug-likeness (QED) is 0.544. The van der Waals surface area contributed by atoms with Crippen molar-refractivity contribution in [1.29, 1.82) is 0 Å². The van der Waals surface area contributed by atoms with Crippen LogP contribution in [0.2, 0.25) is 0 Å². The lowest BCUT2D eigenvalue weighted by Gasteiger charge is -2.34. The molecule has 3 aromatic rings. The Hall–Kier alpha value is -3.42. The van der Waals surface area contributed by atoms with Crippen molar-refractivity contribution in [2.75, 3.05) is 32.8 Å². The summed E-state index contributed by atoms with van der Waals surface area (Å²) in [7, 11) is 0. The van der Waals surface area contributed by atoms with E-state index in [1.165, 1.54) is 17.9 Å². The summed E-state index contributed by atoms with van der Waals surface area (Å²) < 4.78 is 11.0. The Bertz CT molecular complexity index is 1080. The van der Waals surface area contributed by atoms with Crippen LogP contribution in [-0.4, -0.2) is 48.5 Å². The Morgan fingerprint density at radius 3 is 2.12 bits per heavy atom. The van der Waals surface area contributed by atoms with Crippen molar-refractivity contribution >= 4 is 5.91 Å². The van der Waals surface area contributed by atoms with E-state index in [1.807, 2.05) is 36.4 Å². The molecule has 7 nitrogen and oxygen atoms in total. The van der Waals surface area contributed by atoms with Crippen molar-refractivity contribution in [2.45, 2.75) is 19.6 Å². The van der Waals surface area contributed by atoms with Gasteiger partial charge in [-0.3, -0.25) is 19.4 Å². The molecule has 2 aromatic carbocycles. The lowest BCUT2D eigenvalue weighted by molar-refractivity contribution is -0.123. The maximum atomic E-state index is 12.4. The van der Waals surface area contributed by atoms with Gasteiger partial charge in [0.15, 0.2) is 6.61 Å². The normalized spacial score (nSPS) is 14.7. The molecule has 0 bridgehead atoms. The molecule has 1 aliphatic rings. The van der Waals surface area contributed by atoms with Crippen LogP contribution in [0.5, 0.6) is 5.75 Å². The fraction of sp³-hybridized carbons (Fsp3) is 0.308. The zero-order valence-corrected chi connectivity index (χ0v) is 18.6. The van der Waals surface area contributed by atoms with Crippen molar-refractivity contribution < 1.29 is 13.9 Å². The van der Waals surface area contributed by atoms with Gasteiger partial charge in [0.25, 0.3) is 5.91 Å². The SMILES string of the molecule is O=C(COc1coc(CN2CCN(Cc3ccccc3)CC2)cc1=O)NCc1ccccc1. The zero-order valence-electron chi connectivity index (χ0n) is 18.6. The molecule has 4 rings (SSSR count). The fourth-order valence-corrected chi connectivity index (χ4v) is 3.79. The Balaban J connectivity index is 1.20. The summed E-state index contributed by atoms with van der Waals surface area (Å²) in [5.41, 5.74) is 2.03.